The number of hydrogen-bond acceptors (Lipinski definition) is 3. The second-order valence-electron chi connectivity index (χ2n) is 3.67. The van der Waals surface area contributed by atoms with E-state index in [0.717, 1.165) is 5.56 Å². The first-order valence-electron chi connectivity index (χ1n) is 5.10. The van der Waals surface area contributed by atoms with Crippen molar-refractivity contribution in [1.29, 1.82) is 0 Å². The van der Waals surface area contributed by atoms with Gasteiger partial charge >= 0.3 is 0 Å². The van der Waals surface area contributed by atoms with E-state index in [1.54, 1.807) is 24.0 Å². The maximum absolute atomic E-state index is 9.59. The number of aromatic nitrogens is 2. The van der Waals surface area contributed by atoms with Gasteiger partial charge in [0.25, 0.3) is 0 Å². The van der Waals surface area contributed by atoms with Gasteiger partial charge in [-0.3, -0.25) is 4.68 Å². The third-order valence-corrected chi connectivity index (χ3v) is 2.28. The first-order valence-corrected chi connectivity index (χ1v) is 5.10. The van der Waals surface area contributed by atoms with E-state index in [2.05, 4.69) is 5.10 Å². The van der Waals surface area contributed by atoms with E-state index in [-0.39, 0.29) is 0 Å². The highest BCUT2D eigenvalue weighted by molar-refractivity contribution is 5.37. The van der Waals surface area contributed by atoms with Crippen LogP contribution in [0.15, 0.2) is 36.7 Å². The summed E-state index contributed by atoms with van der Waals surface area (Å²) in [5.41, 5.74) is 0.770. The van der Waals surface area contributed by atoms with E-state index in [0.29, 0.717) is 11.5 Å². The molecule has 16 heavy (non-hydrogen) atoms. The molecular weight excluding hydrogens is 204 g/mol. The number of rotatable bonds is 3. The minimum atomic E-state index is -0.548. The van der Waals surface area contributed by atoms with Crippen molar-refractivity contribution < 1.29 is 9.84 Å². The van der Waals surface area contributed by atoms with Crippen molar-refractivity contribution in [2.24, 2.45) is 7.05 Å². The molecule has 2 aromatic rings. The monoisotopic (exact) mass is 218 g/mol. The van der Waals surface area contributed by atoms with Crippen LogP contribution in [0.2, 0.25) is 0 Å². The predicted octanol–water partition coefficient (Wildman–Crippen LogP) is 2.27. The van der Waals surface area contributed by atoms with E-state index in [1.165, 1.54) is 0 Å². The number of hydrogen-bond donors (Lipinski definition) is 1. The lowest BCUT2D eigenvalue weighted by atomic mass is 10.1. The minimum Gasteiger partial charge on any atom is -0.454 e. The molecule has 0 saturated heterocycles. The molecule has 0 aliphatic carbocycles. The highest BCUT2D eigenvalue weighted by Crippen LogP contribution is 2.28. The molecule has 0 aliphatic heterocycles. The Balaban J connectivity index is 2.27. The highest BCUT2D eigenvalue weighted by atomic mass is 16.5. The second kappa shape index (κ2) is 4.37. The zero-order chi connectivity index (χ0) is 11.5. The third-order valence-electron chi connectivity index (χ3n) is 2.28. The summed E-state index contributed by atoms with van der Waals surface area (Å²) in [6.07, 6.45) is 2.87. The van der Waals surface area contributed by atoms with Gasteiger partial charge in [0.05, 0.1) is 18.5 Å². The maximum Gasteiger partial charge on any atom is 0.165 e. The van der Waals surface area contributed by atoms with E-state index in [9.17, 15) is 5.11 Å². The van der Waals surface area contributed by atoms with E-state index in [1.807, 2.05) is 31.3 Å². The van der Waals surface area contributed by atoms with Crippen LogP contribution < -0.4 is 4.74 Å². The lowest BCUT2D eigenvalue weighted by molar-refractivity contribution is 0.195. The quantitative estimate of drug-likeness (QED) is 0.859. The predicted molar refractivity (Wildman–Crippen MR) is 60.4 cm³/mol. The molecule has 0 radical (unpaired) electrons. The molecule has 0 unspecified atom stereocenters. The number of aliphatic hydroxyl groups is 1. The van der Waals surface area contributed by atoms with E-state index >= 15 is 0 Å². The molecule has 0 aliphatic rings. The zero-order valence-electron chi connectivity index (χ0n) is 9.29. The van der Waals surface area contributed by atoms with Gasteiger partial charge in [0, 0.05) is 12.6 Å². The van der Waals surface area contributed by atoms with Crippen molar-refractivity contribution in [2.45, 2.75) is 13.0 Å². The molecule has 1 aromatic carbocycles. The number of aryl methyl sites for hydroxylation is 1. The molecule has 0 amide bonds. The van der Waals surface area contributed by atoms with Crippen LogP contribution in [0.4, 0.5) is 0 Å². The molecule has 0 spiro atoms. The van der Waals surface area contributed by atoms with Gasteiger partial charge in [-0.25, -0.2) is 0 Å². The Morgan fingerprint density at radius 1 is 1.38 bits per heavy atom. The lowest BCUT2D eigenvalue weighted by Crippen LogP contribution is -1.95. The highest BCUT2D eigenvalue weighted by Gasteiger charge is 2.09. The number of ether oxygens (including phenoxy) is 1. The van der Waals surface area contributed by atoms with Crippen LogP contribution in [0.25, 0.3) is 0 Å². The Morgan fingerprint density at radius 3 is 2.75 bits per heavy atom. The molecule has 1 atom stereocenters. The summed E-state index contributed by atoms with van der Waals surface area (Å²) < 4.78 is 7.32. The summed E-state index contributed by atoms with van der Waals surface area (Å²) in [5, 5.41) is 13.6. The smallest absolute Gasteiger partial charge is 0.165 e. The number of para-hydroxylation sites is 1. The summed E-state index contributed by atoms with van der Waals surface area (Å²) in [7, 11) is 1.83. The molecule has 4 nitrogen and oxygen atoms in total. The maximum atomic E-state index is 9.59. The average molecular weight is 218 g/mol. The minimum absolute atomic E-state index is 0.548. The summed E-state index contributed by atoms with van der Waals surface area (Å²) in [6.45, 7) is 1.71. The molecular formula is C12H14N2O2. The summed E-state index contributed by atoms with van der Waals surface area (Å²) >= 11 is 0. The van der Waals surface area contributed by atoms with Crippen LogP contribution in [-0.4, -0.2) is 14.9 Å². The molecule has 1 N–H and O–H groups in total. The van der Waals surface area contributed by atoms with Crippen molar-refractivity contribution >= 4 is 0 Å². The molecule has 1 aromatic heterocycles. The van der Waals surface area contributed by atoms with Gasteiger partial charge in [-0.15, -0.1) is 0 Å². The Morgan fingerprint density at radius 2 is 2.12 bits per heavy atom. The Labute approximate surface area is 94.1 Å². The summed E-state index contributed by atoms with van der Waals surface area (Å²) in [5.74, 6) is 1.32. The van der Waals surface area contributed by atoms with Crippen molar-refractivity contribution in [2.75, 3.05) is 0 Å². The summed E-state index contributed by atoms with van der Waals surface area (Å²) in [6, 6.07) is 7.42. The van der Waals surface area contributed by atoms with Gasteiger partial charge < -0.3 is 9.84 Å². The first-order chi connectivity index (χ1) is 7.66. The normalized spacial score (nSPS) is 12.4. The third kappa shape index (κ3) is 2.23. The Bertz CT molecular complexity index is 477. The lowest BCUT2D eigenvalue weighted by Gasteiger charge is -2.11. The molecule has 4 heteroatoms. The van der Waals surface area contributed by atoms with Gasteiger partial charge in [0.15, 0.2) is 5.75 Å². The van der Waals surface area contributed by atoms with Crippen LogP contribution in [0.5, 0.6) is 11.5 Å². The fourth-order valence-electron chi connectivity index (χ4n) is 1.50. The number of benzene rings is 1. The molecule has 0 saturated carbocycles. The van der Waals surface area contributed by atoms with Gasteiger partial charge in [-0.2, -0.15) is 5.10 Å². The zero-order valence-corrected chi connectivity index (χ0v) is 9.29. The second-order valence-corrected chi connectivity index (χ2v) is 3.67. The van der Waals surface area contributed by atoms with Crippen LogP contribution in [0.1, 0.15) is 18.6 Å². The molecule has 84 valence electrons. The van der Waals surface area contributed by atoms with Crippen LogP contribution in [0, 0.1) is 0 Å². The van der Waals surface area contributed by atoms with Crippen LogP contribution >= 0.6 is 0 Å². The van der Waals surface area contributed by atoms with Crippen molar-refractivity contribution in [3.63, 3.8) is 0 Å². The van der Waals surface area contributed by atoms with E-state index < -0.39 is 6.10 Å². The standard InChI is InChI=1S/C12H14N2O2/c1-9(15)11-5-3-4-6-12(11)16-10-7-13-14(2)8-10/h3-9,15H,1-2H3/t9-/m0/s1. The molecule has 1 heterocycles. The van der Waals surface area contributed by atoms with Gasteiger partial charge in [0.1, 0.15) is 5.75 Å². The Kier molecular flexibility index (Phi) is 2.92. The van der Waals surface area contributed by atoms with Crippen LogP contribution in [-0.2, 0) is 7.05 Å². The SMILES string of the molecule is C[C@H](O)c1ccccc1Oc1cnn(C)c1. The van der Waals surface area contributed by atoms with Gasteiger partial charge in [-0.1, -0.05) is 18.2 Å². The summed E-state index contributed by atoms with van der Waals surface area (Å²) in [4.78, 5) is 0. The fourth-order valence-corrected chi connectivity index (χ4v) is 1.50. The average Bonchev–Trinajstić information content (AvgIpc) is 2.64. The number of aliphatic hydroxyl groups excluding tert-OH is 1. The van der Waals surface area contributed by atoms with Gasteiger partial charge in [-0.05, 0) is 13.0 Å². The first kappa shape index (κ1) is 10.7. The molecule has 0 bridgehead atoms. The van der Waals surface area contributed by atoms with Gasteiger partial charge in [0.2, 0.25) is 0 Å². The fraction of sp³-hybridized carbons (Fsp3) is 0.250. The molecule has 2 rings (SSSR count). The largest absolute Gasteiger partial charge is 0.454 e. The van der Waals surface area contributed by atoms with Crippen molar-refractivity contribution in [1.82, 2.24) is 9.78 Å². The Hall–Kier alpha value is -1.81. The van der Waals surface area contributed by atoms with Crippen molar-refractivity contribution in [3.05, 3.63) is 42.2 Å². The van der Waals surface area contributed by atoms with Crippen LogP contribution in [0.3, 0.4) is 0 Å². The van der Waals surface area contributed by atoms with Crippen molar-refractivity contribution in [3.8, 4) is 11.5 Å². The molecule has 0 fully saturated rings. The number of nitrogens with zero attached hydrogens (tertiary/aromatic N) is 2. The topological polar surface area (TPSA) is 47.3 Å². The van der Waals surface area contributed by atoms with E-state index in [4.69, 9.17) is 4.74 Å².